The van der Waals surface area contributed by atoms with Crippen LogP contribution in [0, 0.1) is 0 Å². The van der Waals surface area contributed by atoms with Crippen molar-refractivity contribution in [3.05, 3.63) is 76.9 Å². The van der Waals surface area contributed by atoms with Gasteiger partial charge in [0.25, 0.3) is 0 Å². The minimum absolute atomic E-state index is 0.000145. The van der Waals surface area contributed by atoms with Gasteiger partial charge in [-0.25, -0.2) is 0 Å². The molecule has 3 rings (SSSR count). The highest BCUT2D eigenvalue weighted by Crippen LogP contribution is 2.33. The summed E-state index contributed by atoms with van der Waals surface area (Å²) in [5, 5.41) is -0.000145. The third-order valence-corrected chi connectivity index (χ3v) is 4.09. The Kier molecular flexibility index (Phi) is 3.86. The van der Waals surface area contributed by atoms with Gasteiger partial charge in [0.1, 0.15) is 0 Å². The number of Topliss-reactive ketones (excluding diaryl/α,β-unsaturated/α-hetero) is 3. The maximum absolute atomic E-state index is 12.8. The smallest absolute Gasteiger partial charge is 0.198 e. The number of fused-ring (bicyclic) bond motifs is 1. The molecular formula is C18H11BrO3. The maximum atomic E-state index is 12.8. The fourth-order valence-corrected chi connectivity index (χ4v) is 2.87. The van der Waals surface area contributed by atoms with Gasteiger partial charge >= 0.3 is 0 Å². The van der Waals surface area contributed by atoms with Crippen molar-refractivity contribution < 1.29 is 14.4 Å². The van der Waals surface area contributed by atoms with Crippen LogP contribution in [0.3, 0.4) is 0 Å². The van der Waals surface area contributed by atoms with E-state index in [4.69, 9.17) is 0 Å². The van der Waals surface area contributed by atoms with E-state index >= 15 is 0 Å². The molecule has 0 aliphatic heterocycles. The molecule has 22 heavy (non-hydrogen) atoms. The van der Waals surface area contributed by atoms with Crippen molar-refractivity contribution in [2.75, 3.05) is 5.33 Å². The Bertz CT molecular complexity index is 819. The van der Waals surface area contributed by atoms with E-state index in [1.807, 2.05) is 6.07 Å². The summed E-state index contributed by atoms with van der Waals surface area (Å²) in [7, 11) is 0. The summed E-state index contributed by atoms with van der Waals surface area (Å²) >= 11 is 3.09. The van der Waals surface area contributed by atoms with Crippen molar-refractivity contribution >= 4 is 38.9 Å². The zero-order valence-corrected chi connectivity index (χ0v) is 13.1. The minimum atomic E-state index is -0.390. The monoisotopic (exact) mass is 354 g/mol. The number of carbonyl (C=O) groups is 3. The quantitative estimate of drug-likeness (QED) is 0.626. The molecule has 0 radical (unpaired) electrons. The van der Waals surface area contributed by atoms with Gasteiger partial charge in [0, 0.05) is 16.7 Å². The van der Waals surface area contributed by atoms with Gasteiger partial charge in [-0.2, -0.15) is 0 Å². The molecule has 1 aliphatic rings. The lowest BCUT2D eigenvalue weighted by molar-refractivity contribution is -0.112. The van der Waals surface area contributed by atoms with E-state index in [0.29, 0.717) is 11.1 Å². The van der Waals surface area contributed by atoms with E-state index in [-0.39, 0.29) is 33.6 Å². The zero-order valence-electron chi connectivity index (χ0n) is 11.5. The van der Waals surface area contributed by atoms with Gasteiger partial charge in [-0.15, -0.1) is 0 Å². The zero-order chi connectivity index (χ0) is 15.7. The Morgan fingerprint density at radius 2 is 1.36 bits per heavy atom. The Balaban J connectivity index is 2.32. The van der Waals surface area contributed by atoms with Crippen molar-refractivity contribution in [2.45, 2.75) is 0 Å². The lowest BCUT2D eigenvalue weighted by Gasteiger charge is -2.20. The van der Waals surface area contributed by atoms with Crippen LogP contribution in [0.2, 0.25) is 0 Å². The van der Waals surface area contributed by atoms with Crippen LogP contribution >= 0.6 is 15.9 Å². The molecule has 3 nitrogen and oxygen atoms in total. The molecular weight excluding hydrogens is 344 g/mol. The molecule has 0 saturated heterocycles. The van der Waals surface area contributed by atoms with E-state index in [1.54, 1.807) is 48.5 Å². The lowest BCUT2D eigenvalue weighted by Crippen LogP contribution is -2.26. The van der Waals surface area contributed by atoms with Gasteiger partial charge in [0.05, 0.1) is 10.9 Å². The summed E-state index contributed by atoms with van der Waals surface area (Å²) in [6.45, 7) is 0. The Morgan fingerprint density at radius 3 is 1.95 bits per heavy atom. The highest BCUT2D eigenvalue weighted by Gasteiger charge is 2.35. The Labute approximate surface area is 135 Å². The molecule has 2 aromatic rings. The Morgan fingerprint density at radius 1 is 0.818 bits per heavy atom. The van der Waals surface area contributed by atoms with E-state index in [9.17, 15) is 14.4 Å². The number of benzene rings is 2. The lowest BCUT2D eigenvalue weighted by atomic mass is 9.80. The fourth-order valence-electron chi connectivity index (χ4n) is 2.59. The first kappa shape index (κ1) is 14.6. The van der Waals surface area contributed by atoms with Gasteiger partial charge in [-0.1, -0.05) is 70.5 Å². The van der Waals surface area contributed by atoms with Gasteiger partial charge < -0.3 is 0 Å². The number of carbonyl (C=O) groups excluding carboxylic acids is 3. The van der Waals surface area contributed by atoms with Gasteiger partial charge in [-0.3, -0.25) is 14.4 Å². The molecule has 0 atom stereocenters. The molecule has 0 amide bonds. The number of allylic oxidation sites excluding steroid dienone is 2. The number of ketones is 3. The van der Waals surface area contributed by atoms with Gasteiger partial charge in [0.2, 0.25) is 0 Å². The number of hydrogen-bond acceptors (Lipinski definition) is 3. The fraction of sp³-hybridized carbons (Fsp3) is 0.0556. The summed E-state index contributed by atoms with van der Waals surface area (Å²) in [5.74, 6) is -1.06. The van der Waals surface area contributed by atoms with Crippen molar-refractivity contribution in [1.82, 2.24) is 0 Å². The molecule has 0 unspecified atom stereocenters. The second-order valence-corrected chi connectivity index (χ2v) is 5.44. The van der Waals surface area contributed by atoms with E-state index in [2.05, 4.69) is 15.9 Å². The first-order valence-corrected chi connectivity index (χ1v) is 7.84. The van der Waals surface area contributed by atoms with Crippen LogP contribution in [0.5, 0.6) is 0 Å². The molecule has 0 bridgehead atoms. The molecule has 1 aliphatic carbocycles. The second-order valence-electron chi connectivity index (χ2n) is 4.88. The average Bonchev–Trinajstić information content (AvgIpc) is 2.58. The highest BCUT2D eigenvalue weighted by atomic mass is 79.9. The van der Waals surface area contributed by atoms with Crippen LogP contribution in [0.4, 0.5) is 0 Å². The number of halogens is 1. The van der Waals surface area contributed by atoms with Crippen molar-refractivity contribution in [1.29, 1.82) is 0 Å². The number of hydrogen-bond donors (Lipinski definition) is 0. The van der Waals surface area contributed by atoms with Crippen molar-refractivity contribution in [3.8, 4) is 0 Å². The molecule has 0 heterocycles. The third kappa shape index (κ3) is 2.25. The first-order valence-electron chi connectivity index (χ1n) is 6.72. The van der Waals surface area contributed by atoms with E-state index < -0.39 is 5.78 Å². The van der Waals surface area contributed by atoms with Gasteiger partial charge in [0.15, 0.2) is 17.3 Å². The van der Waals surface area contributed by atoms with Crippen LogP contribution in [0.1, 0.15) is 26.3 Å². The van der Waals surface area contributed by atoms with E-state index in [1.165, 1.54) is 0 Å². The third-order valence-electron chi connectivity index (χ3n) is 3.58. The standard InChI is InChI=1S/C18H11BrO3/c19-10-14(20)16-15(11-6-2-1-3-7-11)17(21)12-8-4-5-9-13(12)18(16)22/h1-9H,10H2. The number of alkyl halides is 1. The molecule has 0 saturated carbocycles. The first-order chi connectivity index (χ1) is 10.6. The predicted octanol–water partition coefficient (Wildman–Crippen LogP) is 3.48. The summed E-state index contributed by atoms with van der Waals surface area (Å²) < 4.78 is 0. The molecule has 0 fully saturated rings. The molecule has 0 aromatic heterocycles. The van der Waals surface area contributed by atoms with Crippen LogP contribution < -0.4 is 0 Å². The van der Waals surface area contributed by atoms with Crippen LogP contribution in [0.15, 0.2) is 60.2 Å². The van der Waals surface area contributed by atoms with Crippen molar-refractivity contribution in [2.24, 2.45) is 0 Å². The number of rotatable bonds is 3. The maximum Gasteiger partial charge on any atom is 0.198 e. The summed E-state index contributed by atoms with van der Waals surface area (Å²) in [6.07, 6.45) is 0. The van der Waals surface area contributed by atoms with E-state index in [0.717, 1.165) is 0 Å². The molecule has 4 heteroatoms. The summed E-state index contributed by atoms with van der Waals surface area (Å²) in [5.41, 5.74) is 1.37. The van der Waals surface area contributed by atoms with Crippen molar-refractivity contribution in [3.63, 3.8) is 0 Å². The second kappa shape index (κ2) is 5.81. The molecule has 0 N–H and O–H groups in total. The van der Waals surface area contributed by atoms with Crippen LogP contribution in [0.25, 0.3) is 5.57 Å². The molecule has 0 spiro atoms. The molecule has 108 valence electrons. The minimum Gasteiger partial charge on any atom is -0.293 e. The van der Waals surface area contributed by atoms with Gasteiger partial charge in [-0.05, 0) is 5.56 Å². The van der Waals surface area contributed by atoms with Crippen LogP contribution in [-0.4, -0.2) is 22.7 Å². The SMILES string of the molecule is O=C(CBr)C1=C(c2ccccc2)C(=O)c2ccccc2C1=O. The Hall–Kier alpha value is -2.33. The summed E-state index contributed by atoms with van der Waals surface area (Å²) in [4.78, 5) is 37.7. The molecule has 2 aromatic carbocycles. The average molecular weight is 355 g/mol. The predicted molar refractivity (Wildman–Crippen MR) is 87.3 cm³/mol. The largest absolute Gasteiger partial charge is 0.293 e. The normalized spacial score (nSPS) is 14.0. The topological polar surface area (TPSA) is 51.2 Å². The van der Waals surface area contributed by atoms with Crippen LogP contribution in [-0.2, 0) is 4.79 Å². The summed E-state index contributed by atoms with van der Waals surface area (Å²) in [6, 6.07) is 15.4. The highest BCUT2D eigenvalue weighted by molar-refractivity contribution is 9.09.